The van der Waals surface area contributed by atoms with E-state index in [1.807, 2.05) is 43.3 Å². The number of H-pyrrole nitrogens is 1. The summed E-state index contributed by atoms with van der Waals surface area (Å²) in [7, 11) is 0. The zero-order chi connectivity index (χ0) is 20.9. The third kappa shape index (κ3) is 2.95. The van der Waals surface area contributed by atoms with Crippen LogP contribution in [0.1, 0.15) is 17.1 Å². The summed E-state index contributed by atoms with van der Waals surface area (Å²) in [6.45, 7) is 3.70. The molecule has 31 heavy (non-hydrogen) atoms. The van der Waals surface area contributed by atoms with Crippen LogP contribution < -0.4 is 10.6 Å². The molecule has 1 aliphatic heterocycles. The standard InChI is InChI=1S/C23H20FN7/c1-13-27-19-4-2-3-5-21(19)31(13)22-17(24)12-26-23(30-22)28-14-6-7-15-16-11-25-9-8-18(16)29-20(15)10-14/h2-7,10,12,25,29H,8-9,11H2,1H3,(H,26,28,30). The lowest BCUT2D eigenvalue weighted by Crippen LogP contribution is -2.22. The van der Waals surface area contributed by atoms with Gasteiger partial charge in [-0.2, -0.15) is 4.98 Å². The molecule has 0 fully saturated rings. The number of nitrogens with one attached hydrogen (secondary N) is 3. The largest absolute Gasteiger partial charge is 0.358 e. The van der Waals surface area contributed by atoms with Crippen LogP contribution >= 0.6 is 0 Å². The van der Waals surface area contributed by atoms with Gasteiger partial charge in [-0.1, -0.05) is 18.2 Å². The van der Waals surface area contributed by atoms with Crippen molar-refractivity contribution in [3.8, 4) is 5.82 Å². The molecule has 0 radical (unpaired) electrons. The minimum Gasteiger partial charge on any atom is -0.358 e. The molecule has 0 atom stereocenters. The third-order valence-corrected chi connectivity index (χ3v) is 5.77. The second kappa shape index (κ2) is 6.88. The monoisotopic (exact) mass is 413 g/mol. The molecule has 3 N–H and O–H groups in total. The maximum atomic E-state index is 14.7. The Bertz CT molecular complexity index is 1450. The number of aromatic nitrogens is 5. The highest BCUT2D eigenvalue weighted by molar-refractivity contribution is 5.88. The molecule has 0 saturated carbocycles. The predicted octanol–water partition coefficient (Wildman–Crippen LogP) is 4.13. The third-order valence-electron chi connectivity index (χ3n) is 5.77. The van der Waals surface area contributed by atoms with Crippen molar-refractivity contribution >= 4 is 33.6 Å². The summed E-state index contributed by atoms with van der Waals surface area (Å²) in [6, 6.07) is 13.7. The van der Waals surface area contributed by atoms with Crippen molar-refractivity contribution in [3.05, 3.63) is 71.6 Å². The van der Waals surface area contributed by atoms with Gasteiger partial charge in [0.15, 0.2) is 11.6 Å². The molecule has 0 unspecified atom stereocenters. The number of aryl methyl sites for hydroxylation is 1. The Kier molecular flexibility index (Phi) is 4.00. The van der Waals surface area contributed by atoms with Gasteiger partial charge >= 0.3 is 0 Å². The zero-order valence-corrected chi connectivity index (χ0v) is 16.9. The Balaban J connectivity index is 1.39. The first-order valence-electron chi connectivity index (χ1n) is 10.3. The van der Waals surface area contributed by atoms with Gasteiger partial charge in [0.25, 0.3) is 0 Å². The molecule has 0 spiro atoms. The fourth-order valence-electron chi connectivity index (χ4n) is 4.35. The molecule has 1 aliphatic rings. The lowest BCUT2D eigenvalue weighted by Gasteiger charge is -2.12. The Hall–Kier alpha value is -3.78. The number of fused-ring (bicyclic) bond motifs is 4. The normalized spacial score (nSPS) is 13.6. The Labute approximate surface area is 177 Å². The first kappa shape index (κ1) is 18.0. The lowest BCUT2D eigenvalue weighted by molar-refractivity contribution is 0.602. The van der Waals surface area contributed by atoms with Gasteiger partial charge in [-0.25, -0.2) is 14.4 Å². The Morgan fingerprint density at radius 3 is 2.97 bits per heavy atom. The molecule has 154 valence electrons. The van der Waals surface area contributed by atoms with Crippen LogP contribution in [0.15, 0.2) is 48.7 Å². The molecule has 7 nitrogen and oxygen atoms in total. The zero-order valence-electron chi connectivity index (χ0n) is 16.9. The van der Waals surface area contributed by atoms with Crippen LogP contribution in [0.2, 0.25) is 0 Å². The van der Waals surface area contributed by atoms with Crippen molar-refractivity contribution in [1.29, 1.82) is 0 Å². The summed E-state index contributed by atoms with van der Waals surface area (Å²) >= 11 is 0. The van der Waals surface area contributed by atoms with Gasteiger partial charge in [0, 0.05) is 41.8 Å². The van der Waals surface area contributed by atoms with Crippen LogP contribution in [-0.4, -0.2) is 31.0 Å². The van der Waals surface area contributed by atoms with Crippen LogP contribution in [0.25, 0.3) is 27.8 Å². The molecule has 8 heteroatoms. The second-order valence-electron chi connectivity index (χ2n) is 7.74. The van der Waals surface area contributed by atoms with E-state index < -0.39 is 5.82 Å². The molecule has 3 aromatic heterocycles. The van der Waals surface area contributed by atoms with Crippen LogP contribution in [0.5, 0.6) is 0 Å². The molecule has 6 rings (SSSR count). The summed E-state index contributed by atoms with van der Waals surface area (Å²) in [4.78, 5) is 16.7. The number of hydrogen-bond acceptors (Lipinski definition) is 5. The number of halogens is 1. The maximum Gasteiger partial charge on any atom is 0.229 e. The average Bonchev–Trinajstić information content (AvgIpc) is 3.31. The van der Waals surface area contributed by atoms with E-state index in [1.54, 1.807) is 4.57 Å². The van der Waals surface area contributed by atoms with Crippen molar-refractivity contribution in [2.75, 3.05) is 11.9 Å². The molecule has 4 heterocycles. The second-order valence-corrected chi connectivity index (χ2v) is 7.74. The summed E-state index contributed by atoms with van der Waals surface area (Å²) in [6.07, 6.45) is 2.19. The molecule has 0 bridgehead atoms. The highest BCUT2D eigenvalue weighted by atomic mass is 19.1. The van der Waals surface area contributed by atoms with Crippen LogP contribution in [0, 0.1) is 12.7 Å². The van der Waals surface area contributed by atoms with Crippen molar-refractivity contribution in [2.24, 2.45) is 0 Å². The number of rotatable bonds is 3. The summed E-state index contributed by atoms with van der Waals surface area (Å²) in [5.41, 5.74) is 6.12. The van der Waals surface area contributed by atoms with E-state index in [0.717, 1.165) is 41.7 Å². The van der Waals surface area contributed by atoms with Crippen molar-refractivity contribution in [1.82, 2.24) is 29.8 Å². The first-order chi connectivity index (χ1) is 15.2. The molecular weight excluding hydrogens is 393 g/mol. The fourth-order valence-corrected chi connectivity index (χ4v) is 4.35. The SMILES string of the molecule is Cc1nc2ccccc2n1-c1nc(Nc2ccc3c4c([nH]c3c2)CCNC4)ncc1F. The van der Waals surface area contributed by atoms with E-state index >= 15 is 0 Å². The smallest absolute Gasteiger partial charge is 0.229 e. The highest BCUT2D eigenvalue weighted by Crippen LogP contribution is 2.28. The summed E-state index contributed by atoms with van der Waals surface area (Å²) in [5, 5.41) is 7.85. The average molecular weight is 413 g/mol. The van der Waals surface area contributed by atoms with Gasteiger partial charge in [-0.3, -0.25) is 4.57 Å². The number of imidazole rings is 1. The van der Waals surface area contributed by atoms with Gasteiger partial charge in [0.2, 0.25) is 5.95 Å². The van der Waals surface area contributed by atoms with E-state index in [9.17, 15) is 4.39 Å². The first-order valence-corrected chi connectivity index (χ1v) is 10.3. The van der Waals surface area contributed by atoms with Crippen LogP contribution in [0.4, 0.5) is 16.0 Å². The number of nitrogens with zero attached hydrogens (tertiary/aromatic N) is 4. The van der Waals surface area contributed by atoms with E-state index in [-0.39, 0.29) is 5.82 Å². The van der Waals surface area contributed by atoms with Crippen molar-refractivity contribution in [3.63, 3.8) is 0 Å². The Morgan fingerprint density at radius 1 is 1.13 bits per heavy atom. The van der Waals surface area contributed by atoms with Gasteiger partial charge in [-0.05, 0) is 36.8 Å². The number of aromatic amines is 1. The van der Waals surface area contributed by atoms with Crippen molar-refractivity contribution in [2.45, 2.75) is 19.9 Å². The number of benzene rings is 2. The fraction of sp³-hybridized carbons (Fsp3) is 0.174. The number of hydrogen-bond donors (Lipinski definition) is 3. The maximum absolute atomic E-state index is 14.7. The van der Waals surface area contributed by atoms with Gasteiger partial charge in [0.05, 0.1) is 17.2 Å². The minimum atomic E-state index is -0.503. The molecule has 0 amide bonds. The predicted molar refractivity (Wildman–Crippen MR) is 118 cm³/mol. The lowest BCUT2D eigenvalue weighted by atomic mass is 10.1. The topological polar surface area (TPSA) is 83.5 Å². The van der Waals surface area contributed by atoms with Gasteiger partial charge in [0.1, 0.15) is 5.82 Å². The molecule has 0 saturated heterocycles. The molecule has 2 aromatic carbocycles. The van der Waals surface area contributed by atoms with E-state index in [0.29, 0.717) is 11.8 Å². The number of para-hydroxylation sites is 2. The molecule has 0 aliphatic carbocycles. The number of anilines is 2. The van der Waals surface area contributed by atoms with E-state index in [4.69, 9.17) is 0 Å². The molecular formula is C23H20FN7. The van der Waals surface area contributed by atoms with Gasteiger partial charge in [-0.15, -0.1) is 0 Å². The summed E-state index contributed by atoms with van der Waals surface area (Å²) in [5.74, 6) is 0.658. The van der Waals surface area contributed by atoms with E-state index in [1.165, 1.54) is 22.8 Å². The van der Waals surface area contributed by atoms with E-state index in [2.05, 4.69) is 36.6 Å². The highest BCUT2D eigenvalue weighted by Gasteiger charge is 2.17. The minimum absolute atomic E-state index is 0.172. The van der Waals surface area contributed by atoms with Crippen molar-refractivity contribution < 1.29 is 4.39 Å². The van der Waals surface area contributed by atoms with Crippen LogP contribution in [-0.2, 0) is 13.0 Å². The summed E-state index contributed by atoms with van der Waals surface area (Å²) < 4.78 is 16.4. The quantitative estimate of drug-likeness (QED) is 0.414. The Morgan fingerprint density at radius 2 is 2.03 bits per heavy atom. The van der Waals surface area contributed by atoms with Gasteiger partial charge < -0.3 is 15.6 Å². The molecule has 5 aromatic rings. The van der Waals surface area contributed by atoms with Crippen LogP contribution in [0.3, 0.4) is 0 Å².